The number of benzene rings is 4. The van der Waals surface area contributed by atoms with Gasteiger partial charge in [-0.25, -0.2) is 8.42 Å². The number of quaternary nitrogens is 1. The molecule has 1 aliphatic rings. The average molecular weight is 474 g/mol. The van der Waals surface area contributed by atoms with Crippen molar-refractivity contribution < 1.29 is 18.3 Å². The number of rotatable bonds is 3. The lowest BCUT2D eigenvalue weighted by atomic mass is 10.1. The Morgan fingerprint density at radius 1 is 0.676 bits per heavy atom. The molecule has 0 radical (unpaired) electrons. The Labute approximate surface area is 200 Å². The van der Waals surface area contributed by atoms with Gasteiger partial charge in [0.15, 0.2) is 5.69 Å². The van der Waals surface area contributed by atoms with Gasteiger partial charge in [-0.1, -0.05) is 54.1 Å². The third-order valence-corrected chi connectivity index (χ3v) is 6.62. The van der Waals surface area contributed by atoms with Gasteiger partial charge < -0.3 is 19.7 Å². The first kappa shape index (κ1) is 23.5. The van der Waals surface area contributed by atoms with E-state index in [0.29, 0.717) is 0 Å². The summed E-state index contributed by atoms with van der Waals surface area (Å²) >= 11 is 0. The predicted octanol–water partition coefficient (Wildman–Crippen LogP) is 4.96. The van der Waals surface area contributed by atoms with Gasteiger partial charge in [0.2, 0.25) is 0 Å². The summed E-state index contributed by atoms with van der Waals surface area (Å²) < 4.78 is 31.2. The fourth-order valence-electron chi connectivity index (χ4n) is 4.03. The standard InChI is InChI=1S/C20H19N3.C7H8O3S/c1-21-15-9-3-4-10-16(15)23-19-13-7-5-11-17(19)22(2)18-12-6-8-14-20(18)23;1-6-2-4-7(5-3-6)11(8,9)10/h3-14,21H,1-2H3;2-5H,1H3,(H,8,9,10). The fourth-order valence-corrected chi connectivity index (χ4v) is 4.50. The molecule has 1 heterocycles. The minimum absolute atomic E-state index is 0.178. The van der Waals surface area contributed by atoms with Crippen molar-refractivity contribution in [3.63, 3.8) is 0 Å². The lowest BCUT2D eigenvalue weighted by Crippen LogP contribution is -2.73. The number of nitrogens with two attached hydrogens (primary N) is 1. The van der Waals surface area contributed by atoms with Crippen LogP contribution in [0.4, 0.5) is 34.1 Å². The number of hydrogen-bond acceptors (Lipinski definition) is 5. The Hall–Kier alpha value is -3.65. The summed E-state index contributed by atoms with van der Waals surface area (Å²) in [6.45, 7) is 1.82. The van der Waals surface area contributed by atoms with E-state index in [4.69, 9.17) is 0 Å². The second-order valence-corrected chi connectivity index (χ2v) is 9.37. The van der Waals surface area contributed by atoms with Gasteiger partial charge in [0.25, 0.3) is 0 Å². The number of para-hydroxylation sites is 6. The molecule has 7 heteroatoms. The maximum Gasteiger partial charge on any atom is 0.153 e. The molecule has 1 aliphatic heterocycles. The number of nitrogens with zero attached hydrogens (tertiary/aromatic N) is 2. The highest BCUT2D eigenvalue weighted by molar-refractivity contribution is 7.85. The van der Waals surface area contributed by atoms with E-state index in [1.54, 1.807) is 12.1 Å². The van der Waals surface area contributed by atoms with Crippen LogP contribution in [0.15, 0.2) is 102 Å². The fraction of sp³-hybridized carbons (Fsp3) is 0.111. The van der Waals surface area contributed by atoms with E-state index >= 15 is 0 Å². The molecule has 5 rings (SSSR count). The van der Waals surface area contributed by atoms with Gasteiger partial charge in [-0.2, -0.15) is 0 Å². The topological polar surface area (TPSA) is 80.3 Å². The average Bonchev–Trinajstić information content (AvgIpc) is 2.85. The minimum Gasteiger partial charge on any atom is -0.744 e. The van der Waals surface area contributed by atoms with Crippen LogP contribution in [-0.4, -0.2) is 27.1 Å². The molecule has 0 amide bonds. The Kier molecular flexibility index (Phi) is 6.70. The van der Waals surface area contributed by atoms with E-state index in [0.717, 1.165) is 5.56 Å². The van der Waals surface area contributed by atoms with Crippen LogP contribution in [0.25, 0.3) is 0 Å². The summed E-state index contributed by atoms with van der Waals surface area (Å²) in [7, 11) is -0.0478. The Bertz CT molecular complexity index is 1340. The molecule has 4 aromatic rings. The van der Waals surface area contributed by atoms with E-state index in [9.17, 15) is 13.0 Å². The van der Waals surface area contributed by atoms with Crippen LogP contribution in [0.5, 0.6) is 0 Å². The Balaban J connectivity index is 0.000000210. The molecule has 0 unspecified atom stereocenters. The zero-order valence-corrected chi connectivity index (χ0v) is 20.2. The molecule has 0 saturated carbocycles. The molecule has 174 valence electrons. The highest BCUT2D eigenvalue weighted by Gasteiger charge is 2.28. The summed E-state index contributed by atoms with van der Waals surface area (Å²) in [6.07, 6.45) is 0. The molecule has 0 fully saturated rings. The predicted molar refractivity (Wildman–Crippen MR) is 136 cm³/mol. The van der Waals surface area contributed by atoms with Crippen molar-refractivity contribution in [2.24, 2.45) is 0 Å². The van der Waals surface area contributed by atoms with Crippen LogP contribution in [0, 0.1) is 6.92 Å². The van der Waals surface area contributed by atoms with Crippen molar-refractivity contribution in [2.45, 2.75) is 11.8 Å². The van der Waals surface area contributed by atoms with Gasteiger partial charge in [0, 0.05) is 13.1 Å². The molecule has 34 heavy (non-hydrogen) atoms. The maximum absolute atomic E-state index is 10.4. The maximum atomic E-state index is 10.4. The van der Waals surface area contributed by atoms with E-state index in [1.807, 2.05) is 6.92 Å². The van der Waals surface area contributed by atoms with Gasteiger partial charge >= 0.3 is 0 Å². The summed E-state index contributed by atoms with van der Waals surface area (Å²) in [5.74, 6) is 0. The van der Waals surface area contributed by atoms with E-state index in [-0.39, 0.29) is 4.90 Å². The molecule has 0 spiro atoms. The second-order valence-electron chi connectivity index (χ2n) is 7.99. The number of hydrogen-bond donors (Lipinski definition) is 1. The first-order valence-corrected chi connectivity index (χ1v) is 12.3. The summed E-state index contributed by atoms with van der Waals surface area (Å²) in [5.41, 5.74) is 8.24. The van der Waals surface area contributed by atoms with Crippen molar-refractivity contribution in [1.82, 2.24) is 0 Å². The van der Waals surface area contributed by atoms with Crippen molar-refractivity contribution in [3.8, 4) is 0 Å². The molecule has 0 atom stereocenters. The zero-order chi connectivity index (χ0) is 24.3. The summed E-state index contributed by atoms with van der Waals surface area (Å²) in [6, 6.07) is 31.5. The van der Waals surface area contributed by atoms with Crippen LogP contribution in [0.1, 0.15) is 5.56 Å². The van der Waals surface area contributed by atoms with Crippen LogP contribution in [0.3, 0.4) is 0 Å². The number of aryl methyl sites for hydroxylation is 1. The van der Waals surface area contributed by atoms with Crippen molar-refractivity contribution in [3.05, 3.63) is 103 Å². The molecular formula is C27H27N3O3S. The molecular weight excluding hydrogens is 446 g/mol. The molecule has 0 aromatic heterocycles. The van der Waals surface area contributed by atoms with Crippen LogP contribution in [0.2, 0.25) is 0 Å². The molecule has 0 saturated heterocycles. The summed E-state index contributed by atoms with van der Waals surface area (Å²) in [5, 5.41) is 2.17. The van der Waals surface area contributed by atoms with E-state index in [1.165, 1.54) is 46.3 Å². The Morgan fingerprint density at radius 2 is 1.12 bits per heavy atom. The van der Waals surface area contributed by atoms with Gasteiger partial charge in [0.1, 0.15) is 15.8 Å². The number of anilines is 5. The monoisotopic (exact) mass is 473 g/mol. The number of fused-ring (bicyclic) bond motifs is 2. The smallest absolute Gasteiger partial charge is 0.153 e. The van der Waals surface area contributed by atoms with Crippen LogP contribution in [-0.2, 0) is 10.1 Å². The lowest BCUT2D eigenvalue weighted by molar-refractivity contribution is -0.538. The lowest BCUT2D eigenvalue weighted by Gasteiger charge is -2.38. The van der Waals surface area contributed by atoms with Crippen LogP contribution < -0.4 is 15.1 Å². The quantitative estimate of drug-likeness (QED) is 0.336. The highest BCUT2D eigenvalue weighted by atomic mass is 32.2. The van der Waals surface area contributed by atoms with Crippen molar-refractivity contribution >= 4 is 44.2 Å². The SMILES string of the molecule is C[NH2+]c1ccccc1N1c2ccccc2N(C)c2ccccc21.Cc1ccc(S(=O)(=O)[O-])cc1. The summed E-state index contributed by atoms with van der Waals surface area (Å²) in [4.78, 5) is 4.45. The van der Waals surface area contributed by atoms with Gasteiger partial charge in [0.05, 0.1) is 34.7 Å². The first-order chi connectivity index (χ1) is 16.3. The van der Waals surface area contributed by atoms with Crippen molar-refractivity contribution in [1.29, 1.82) is 0 Å². The second kappa shape index (κ2) is 9.69. The molecule has 6 nitrogen and oxygen atoms in total. The third-order valence-electron chi connectivity index (χ3n) is 5.77. The molecule has 2 N–H and O–H groups in total. The molecule has 4 aromatic carbocycles. The zero-order valence-electron chi connectivity index (χ0n) is 19.3. The van der Waals surface area contributed by atoms with E-state index in [2.05, 4.69) is 102 Å². The third kappa shape index (κ3) is 4.68. The van der Waals surface area contributed by atoms with Gasteiger partial charge in [-0.3, -0.25) is 0 Å². The Morgan fingerprint density at radius 3 is 1.59 bits per heavy atom. The van der Waals surface area contributed by atoms with Crippen molar-refractivity contribution in [2.75, 3.05) is 23.9 Å². The molecule has 0 bridgehead atoms. The minimum atomic E-state index is -4.27. The van der Waals surface area contributed by atoms with Crippen LogP contribution >= 0.6 is 0 Å². The molecule has 0 aliphatic carbocycles. The van der Waals surface area contributed by atoms with E-state index < -0.39 is 10.1 Å². The van der Waals surface area contributed by atoms with Gasteiger partial charge in [-0.05, 0) is 49.4 Å². The highest BCUT2D eigenvalue weighted by Crippen LogP contribution is 2.51. The normalized spacial score (nSPS) is 12.4. The van der Waals surface area contributed by atoms with Gasteiger partial charge in [-0.15, -0.1) is 0 Å². The largest absolute Gasteiger partial charge is 0.744 e. The first-order valence-electron chi connectivity index (χ1n) is 10.9.